The highest BCUT2D eigenvalue weighted by Crippen LogP contribution is 2.29. The van der Waals surface area contributed by atoms with Gasteiger partial charge < -0.3 is 14.8 Å². The molecule has 0 radical (unpaired) electrons. The normalized spacial score (nSPS) is 10.1. The minimum absolute atomic E-state index is 0.00914. The summed E-state index contributed by atoms with van der Waals surface area (Å²) in [5.41, 5.74) is 1.04. The summed E-state index contributed by atoms with van der Waals surface area (Å²) in [7, 11) is 1.52. The molecule has 0 aromatic heterocycles. The van der Waals surface area contributed by atoms with Crippen molar-refractivity contribution >= 4 is 40.8 Å². The Balaban J connectivity index is 1.87. The summed E-state index contributed by atoms with van der Waals surface area (Å²) >= 11 is 11.8. The molecule has 0 spiro atoms. The smallest absolute Gasteiger partial charge is 0.310 e. The molecule has 126 valence electrons. The number of ether oxygens (including phenoxy) is 2. The maximum Gasteiger partial charge on any atom is 0.310 e. The molecule has 0 aliphatic heterocycles. The second-order valence-corrected chi connectivity index (χ2v) is 5.58. The Bertz CT molecular complexity index is 749. The van der Waals surface area contributed by atoms with Crippen molar-refractivity contribution in [2.24, 2.45) is 0 Å². The van der Waals surface area contributed by atoms with E-state index in [0.29, 0.717) is 22.0 Å². The number of hydrogen-bond acceptors (Lipinski definition) is 4. The number of halogens is 2. The van der Waals surface area contributed by atoms with Gasteiger partial charge in [0.1, 0.15) is 5.75 Å². The van der Waals surface area contributed by atoms with Gasteiger partial charge in [0.05, 0.1) is 29.3 Å². The first kappa shape index (κ1) is 18.1. The number of methoxy groups -OCH3 is 1. The van der Waals surface area contributed by atoms with Gasteiger partial charge in [-0.1, -0.05) is 47.5 Å². The predicted octanol–water partition coefficient (Wildman–Crippen LogP) is 3.73. The molecule has 0 heterocycles. The van der Waals surface area contributed by atoms with Crippen molar-refractivity contribution in [2.75, 3.05) is 19.0 Å². The predicted molar refractivity (Wildman–Crippen MR) is 92.7 cm³/mol. The maximum absolute atomic E-state index is 11.9. The lowest BCUT2D eigenvalue weighted by Gasteiger charge is -2.10. The number of para-hydroxylation sites is 1. The Hall–Kier alpha value is -2.24. The molecular formula is C17H15Cl2NO4. The highest BCUT2D eigenvalue weighted by atomic mass is 35.5. The summed E-state index contributed by atoms with van der Waals surface area (Å²) in [6, 6.07) is 11.9. The number of hydrogen-bond donors (Lipinski definition) is 1. The van der Waals surface area contributed by atoms with Gasteiger partial charge in [-0.2, -0.15) is 0 Å². The lowest BCUT2D eigenvalue weighted by atomic mass is 10.1. The summed E-state index contributed by atoms with van der Waals surface area (Å²) in [4.78, 5) is 23.7. The number of carbonyl (C=O) groups excluding carboxylic acids is 2. The maximum atomic E-state index is 11.9. The van der Waals surface area contributed by atoms with Crippen molar-refractivity contribution in [3.8, 4) is 5.75 Å². The Morgan fingerprint density at radius 1 is 1.08 bits per heavy atom. The molecule has 0 bridgehead atoms. The average Bonchev–Trinajstić information content (AvgIpc) is 2.58. The van der Waals surface area contributed by atoms with Gasteiger partial charge in [0.25, 0.3) is 5.91 Å². The summed E-state index contributed by atoms with van der Waals surface area (Å²) in [6.07, 6.45) is 0.00914. The van der Waals surface area contributed by atoms with Gasteiger partial charge in [0.15, 0.2) is 6.61 Å². The minimum atomic E-state index is -0.535. The molecule has 2 aromatic rings. The van der Waals surface area contributed by atoms with Crippen LogP contribution in [-0.4, -0.2) is 25.6 Å². The Labute approximate surface area is 149 Å². The first-order chi connectivity index (χ1) is 11.5. The van der Waals surface area contributed by atoms with Gasteiger partial charge in [-0.25, -0.2) is 0 Å². The van der Waals surface area contributed by atoms with E-state index in [-0.39, 0.29) is 11.4 Å². The van der Waals surface area contributed by atoms with Crippen LogP contribution in [0.5, 0.6) is 5.75 Å². The molecule has 24 heavy (non-hydrogen) atoms. The molecule has 0 aliphatic rings. The van der Waals surface area contributed by atoms with Crippen LogP contribution < -0.4 is 10.1 Å². The van der Waals surface area contributed by atoms with Crippen LogP contribution in [0.25, 0.3) is 0 Å². The van der Waals surface area contributed by atoms with Crippen LogP contribution >= 0.6 is 23.2 Å². The number of rotatable bonds is 6. The van der Waals surface area contributed by atoms with E-state index in [2.05, 4.69) is 5.32 Å². The van der Waals surface area contributed by atoms with E-state index >= 15 is 0 Å². The molecule has 2 aromatic carbocycles. The Morgan fingerprint density at radius 2 is 1.83 bits per heavy atom. The van der Waals surface area contributed by atoms with Crippen molar-refractivity contribution < 1.29 is 19.1 Å². The van der Waals surface area contributed by atoms with Crippen LogP contribution in [0.2, 0.25) is 10.0 Å². The van der Waals surface area contributed by atoms with E-state index in [4.69, 9.17) is 32.7 Å². The monoisotopic (exact) mass is 367 g/mol. The van der Waals surface area contributed by atoms with Crippen LogP contribution in [0.3, 0.4) is 0 Å². The van der Waals surface area contributed by atoms with Crippen molar-refractivity contribution in [1.29, 1.82) is 0 Å². The van der Waals surface area contributed by atoms with E-state index in [1.165, 1.54) is 7.11 Å². The summed E-state index contributed by atoms with van der Waals surface area (Å²) in [5, 5.41) is 3.09. The lowest BCUT2D eigenvalue weighted by molar-refractivity contribution is -0.146. The first-order valence-electron chi connectivity index (χ1n) is 7.02. The fourth-order valence-corrected chi connectivity index (χ4v) is 2.34. The number of amides is 1. The van der Waals surface area contributed by atoms with Crippen LogP contribution in [0.1, 0.15) is 5.56 Å². The highest BCUT2D eigenvalue weighted by molar-refractivity contribution is 6.44. The molecule has 1 N–H and O–H groups in total. The van der Waals surface area contributed by atoms with Gasteiger partial charge in [-0.05, 0) is 18.2 Å². The average molecular weight is 368 g/mol. The molecule has 7 heteroatoms. The fraction of sp³-hybridized carbons (Fsp3) is 0.176. The molecule has 0 fully saturated rings. The molecule has 1 amide bonds. The second-order valence-electron chi connectivity index (χ2n) is 4.80. The number of anilines is 1. The first-order valence-corrected chi connectivity index (χ1v) is 7.78. The zero-order valence-electron chi connectivity index (χ0n) is 12.8. The van der Waals surface area contributed by atoms with Gasteiger partial charge in [0.2, 0.25) is 0 Å². The van der Waals surface area contributed by atoms with Gasteiger partial charge in [0, 0.05) is 5.56 Å². The Morgan fingerprint density at radius 3 is 2.58 bits per heavy atom. The van der Waals surface area contributed by atoms with E-state index in [0.717, 1.165) is 0 Å². The van der Waals surface area contributed by atoms with Crippen LogP contribution in [0.4, 0.5) is 5.69 Å². The standard InChI is InChI=1S/C17H15Cl2NO4/c1-23-14-8-3-2-5-11(14)9-16(22)24-10-15(21)20-13-7-4-6-12(18)17(13)19/h2-8H,9-10H2,1H3,(H,20,21). The second kappa shape index (κ2) is 8.57. The summed E-state index contributed by atoms with van der Waals surface area (Å²) in [6.45, 7) is -0.420. The third kappa shape index (κ3) is 4.88. The molecular weight excluding hydrogens is 353 g/mol. The third-order valence-corrected chi connectivity index (χ3v) is 3.94. The van der Waals surface area contributed by atoms with Gasteiger partial charge in [-0.3, -0.25) is 9.59 Å². The van der Waals surface area contributed by atoms with Crippen molar-refractivity contribution in [1.82, 2.24) is 0 Å². The molecule has 0 saturated heterocycles. The fourth-order valence-electron chi connectivity index (χ4n) is 1.99. The highest BCUT2D eigenvalue weighted by Gasteiger charge is 2.13. The summed E-state index contributed by atoms with van der Waals surface area (Å²) < 4.78 is 10.1. The van der Waals surface area contributed by atoms with Crippen molar-refractivity contribution in [3.05, 3.63) is 58.1 Å². The topological polar surface area (TPSA) is 64.6 Å². The van der Waals surface area contributed by atoms with Crippen molar-refractivity contribution in [2.45, 2.75) is 6.42 Å². The number of carbonyl (C=O) groups is 2. The van der Waals surface area contributed by atoms with E-state index in [1.807, 2.05) is 0 Å². The lowest BCUT2D eigenvalue weighted by Crippen LogP contribution is -2.21. The largest absolute Gasteiger partial charge is 0.496 e. The molecule has 2 rings (SSSR count). The zero-order chi connectivity index (χ0) is 17.5. The molecule has 5 nitrogen and oxygen atoms in total. The molecule has 0 atom stereocenters. The van der Waals surface area contributed by atoms with Crippen molar-refractivity contribution in [3.63, 3.8) is 0 Å². The molecule has 0 unspecified atom stereocenters. The van der Waals surface area contributed by atoms with Crippen LogP contribution in [0.15, 0.2) is 42.5 Å². The summed E-state index contributed by atoms with van der Waals surface area (Å²) in [5.74, 6) is -0.455. The quantitative estimate of drug-likeness (QED) is 0.790. The zero-order valence-corrected chi connectivity index (χ0v) is 14.4. The molecule has 0 saturated carbocycles. The minimum Gasteiger partial charge on any atom is -0.496 e. The SMILES string of the molecule is COc1ccccc1CC(=O)OCC(=O)Nc1cccc(Cl)c1Cl. The number of nitrogens with one attached hydrogen (secondary N) is 1. The van der Waals surface area contributed by atoms with Gasteiger partial charge in [-0.15, -0.1) is 0 Å². The third-order valence-electron chi connectivity index (χ3n) is 3.12. The Kier molecular flexibility index (Phi) is 6.46. The van der Waals surface area contributed by atoms with E-state index in [1.54, 1.807) is 42.5 Å². The molecule has 0 aliphatic carbocycles. The van der Waals surface area contributed by atoms with Crippen LogP contribution in [-0.2, 0) is 20.7 Å². The van der Waals surface area contributed by atoms with Crippen LogP contribution in [0, 0.1) is 0 Å². The number of benzene rings is 2. The van der Waals surface area contributed by atoms with E-state index in [9.17, 15) is 9.59 Å². The van der Waals surface area contributed by atoms with Gasteiger partial charge >= 0.3 is 5.97 Å². The number of esters is 1. The van der Waals surface area contributed by atoms with E-state index < -0.39 is 18.5 Å².